The Kier molecular flexibility index (Phi) is 3.86. The summed E-state index contributed by atoms with van der Waals surface area (Å²) in [7, 11) is 1.73. The molecule has 0 saturated heterocycles. The Hall–Kier alpha value is -1.83. The molecule has 1 atom stereocenters. The summed E-state index contributed by atoms with van der Waals surface area (Å²) in [5.41, 5.74) is 0.800. The van der Waals surface area contributed by atoms with E-state index in [0.29, 0.717) is 15.6 Å². The summed E-state index contributed by atoms with van der Waals surface area (Å²) in [6, 6.07) is 9.13. The van der Waals surface area contributed by atoms with Gasteiger partial charge >= 0.3 is 10.7 Å². The molecule has 1 aromatic carbocycles. The van der Waals surface area contributed by atoms with Crippen LogP contribution in [0, 0.1) is 0 Å². The van der Waals surface area contributed by atoms with Gasteiger partial charge in [0.05, 0.1) is 17.7 Å². The molecule has 2 aromatic heterocycles. The molecule has 1 aliphatic rings. The number of rotatable bonds is 2. The first-order valence-corrected chi connectivity index (χ1v) is 9.43. The van der Waals surface area contributed by atoms with Gasteiger partial charge in [0.25, 0.3) is 5.88 Å². The monoisotopic (exact) mass is 378 g/mol. The minimum absolute atomic E-state index is 0.0150. The highest BCUT2D eigenvalue weighted by molar-refractivity contribution is 7.99. The molecule has 8 heteroatoms. The topological polar surface area (TPSA) is 59.0 Å². The van der Waals surface area contributed by atoms with Crippen LogP contribution in [-0.4, -0.2) is 20.4 Å². The highest BCUT2D eigenvalue weighted by Crippen LogP contribution is 2.37. The summed E-state index contributed by atoms with van der Waals surface area (Å²) in [5.74, 6) is 0.705. The van der Waals surface area contributed by atoms with Crippen LogP contribution in [0.4, 0.5) is 0 Å². The number of thioether (sulfide) groups is 1. The highest BCUT2D eigenvalue weighted by Gasteiger charge is 2.39. The summed E-state index contributed by atoms with van der Waals surface area (Å²) < 4.78 is 3.87. The van der Waals surface area contributed by atoms with E-state index in [-0.39, 0.29) is 17.5 Å². The Bertz CT molecular complexity index is 985. The number of nitrogens with zero attached hydrogens (tertiary/aromatic N) is 3. The van der Waals surface area contributed by atoms with Crippen LogP contribution in [0.25, 0.3) is 11.1 Å². The third-order valence-corrected chi connectivity index (χ3v) is 6.46. The summed E-state index contributed by atoms with van der Waals surface area (Å²) in [5, 5.41) is 11.6. The van der Waals surface area contributed by atoms with Gasteiger partial charge in [-0.05, 0) is 17.3 Å². The van der Waals surface area contributed by atoms with E-state index in [1.165, 1.54) is 11.3 Å². The largest absolute Gasteiger partial charge is 0.477 e. The predicted molar refractivity (Wildman–Crippen MR) is 95.0 cm³/mol. The van der Waals surface area contributed by atoms with Gasteiger partial charge in [-0.2, -0.15) is 9.13 Å². The Morgan fingerprint density at radius 3 is 2.79 bits per heavy atom. The number of halogens is 1. The minimum atomic E-state index is -0.208. The maximum absolute atomic E-state index is 12.7. The number of aromatic hydroxyl groups is 1. The smallest absolute Gasteiger partial charge is 0.349 e. The predicted octanol–water partition coefficient (Wildman–Crippen LogP) is 2.85. The van der Waals surface area contributed by atoms with Crippen molar-refractivity contribution < 1.29 is 9.67 Å². The lowest BCUT2D eigenvalue weighted by Crippen LogP contribution is -2.44. The van der Waals surface area contributed by atoms with Gasteiger partial charge in [0.1, 0.15) is 0 Å². The van der Waals surface area contributed by atoms with E-state index in [4.69, 9.17) is 11.6 Å². The lowest BCUT2D eigenvalue weighted by atomic mass is 10.1. The number of hydrogen-bond acceptors (Lipinski definition) is 5. The van der Waals surface area contributed by atoms with Crippen molar-refractivity contribution in [2.24, 2.45) is 7.05 Å². The van der Waals surface area contributed by atoms with Crippen LogP contribution in [0.5, 0.6) is 5.88 Å². The van der Waals surface area contributed by atoms with Crippen LogP contribution in [-0.2, 0) is 7.05 Å². The van der Waals surface area contributed by atoms with Crippen LogP contribution < -0.4 is 10.1 Å². The normalized spacial score (nSPS) is 16.3. The van der Waals surface area contributed by atoms with Crippen molar-refractivity contribution in [1.82, 2.24) is 9.55 Å². The van der Waals surface area contributed by atoms with Crippen LogP contribution in [0.15, 0.2) is 46.5 Å². The molecular formula is C16H13ClN3O2S2+. The second-order valence-corrected chi connectivity index (χ2v) is 8.06. The van der Waals surface area contributed by atoms with Gasteiger partial charge in [-0.15, -0.1) is 11.3 Å². The van der Waals surface area contributed by atoms with Gasteiger partial charge in [0.15, 0.2) is 16.1 Å². The quantitative estimate of drug-likeness (QED) is 0.550. The first-order chi connectivity index (χ1) is 11.6. The van der Waals surface area contributed by atoms with Gasteiger partial charge in [0, 0.05) is 6.20 Å². The van der Waals surface area contributed by atoms with Crippen LogP contribution in [0.3, 0.4) is 0 Å². The van der Waals surface area contributed by atoms with E-state index in [9.17, 15) is 9.90 Å². The fraction of sp³-hybridized carbons (Fsp3) is 0.188. The SMILES string of the molecule is Cn1c2[n+](c(O)c(-c3ccccc3)c1=O)[C@@H](c1cnc(Cl)s1)CS2. The molecule has 0 radical (unpaired) electrons. The molecular weight excluding hydrogens is 366 g/mol. The molecule has 122 valence electrons. The van der Waals surface area contributed by atoms with Crippen molar-refractivity contribution in [1.29, 1.82) is 0 Å². The molecule has 1 N–H and O–H groups in total. The first-order valence-electron chi connectivity index (χ1n) is 7.25. The summed E-state index contributed by atoms with van der Waals surface area (Å²) in [4.78, 5) is 17.8. The molecule has 3 aromatic rings. The highest BCUT2D eigenvalue weighted by atomic mass is 35.5. The van der Waals surface area contributed by atoms with Gasteiger partial charge < -0.3 is 5.11 Å². The van der Waals surface area contributed by atoms with Gasteiger partial charge in [0.2, 0.25) is 0 Å². The Balaban J connectivity index is 1.97. The maximum Gasteiger partial charge on any atom is 0.349 e. The van der Waals surface area contributed by atoms with Crippen molar-refractivity contribution in [2.45, 2.75) is 11.2 Å². The van der Waals surface area contributed by atoms with Crippen molar-refractivity contribution in [3.8, 4) is 17.0 Å². The fourth-order valence-corrected chi connectivity index (χ4v) is 5.30. The van der Waals surface area contributed by atoms with E-state index < -0.39 is 0 Å². The van der Waals surface area contributed by atoms with E-state index in [1.54, 1.807) is 34.1 Å². The van der Waals surface area contributed by atoms with E-state index in [2.05, 4.69) is 4.98 Å². The van der Waals surface area contributed by atoms with Crippen LogP contribution in [0.2, 0.25) is 4.47 Å². The van der Waals surface area contributed by atoms with Crippen molar-refractivity contribution in [2.75, 3.05) is 5.75 Å². The number of thiazole rings is 1. The lowest BCUT2D eigenvalue weighted by Gasteiger charge is -2.11. The van der Waals surface area contributed by atoms with Crippen molar-refractivity contribution in [3.05, 3.63) is 56.2 Å². The molecule has 0 fully saturated rings. The number of aromatic nitrogens is 3. The zero-order valence-electron chi connectivity index (χ0n) is 12.6. The number of hydrogen-bond donors (Lipinski definition) is 1. The first kappa shape index (κ1) is 15.7. The average Bonchev–Trinajstić information content (AvgIpc) is 3.20. The number of benzene rings is 1. The standard InChI is InChI=1S/C16H12ClN3O2S2/c1-19-13(21)12(9-5-3-2-4-6-9)14(22)20-10(8-23-16(19)20)11-7-18-15(17)24-11/h2-7,10H,8H2,1H3/p+1/t10-/m1/s1. The van der Waals surface area contributed by atoms with Crippen LogP contribution >= 0.6 is 34.7 Å². The zero-order chi connectivity index (χ0) is 16.8. The maximum atomic E-state index is 12.7. The molecule has 0 amide bonds. The summed E-state index contributed by atoms with van der Waals surface area (Å²) >= 11 is 8.89. The molecule has 0 bridgehead atoms. The second-order valence-electron chi connectivity index (χ2n) is 5.42. The molecule has 0 saturated carbocycles. The zero-order valence-corrected chi connectivity index (χ0v) is 15.0. The Morgan fingerprint density at radius 1 is 1.38 bits per heavy atom. The van der Waals surface area contributed by atoms with E-state index >= 15 is 0 Å². The molecule has 0 aliphatic carbocycles. The van der Waals surface area contributed by atoms with Crippen LogP contribution in [0.1, 0.15) is 10.9 Å². The lowest BCUT2D eigenvalue weighted by molar-refractivity contribution is -0.748. The summed E-state index contributed by atoms with van der Waals surface area (Å²) in [6.07, 6.45) is 1.73. The molecule has 4 rings (SSSR count). The number of fused-ring (bicyclic) bond motifs is 1. The molecule has 0 spiro atoms. The van der Waals surface area contributed by atoms with Gasteiger partial charge in [-0.1, -0.05) is 41.9 Å². The van der Waals surface area contributed by atoms with E-state index in [0.717, 1.165) is 15.8 Å². The third kappa shape index (κ3) is 2.35. The minimum Gasteiger partial charge on any atom is -0.477 e. The average molecular weight is 379 g/mol. The Morgan fingerprint density at radius 2 is 2.12 bits per heavy atom. The molecule has 0 unspecified atom stereocenters. The van der Waals surface area contributed by atoms with Gasteiger partial charge in [-0.25, -0.2) is 9.78 Å². The molecule has 3 heterocycles. The molecule has 5 nitrogen and oxygen atoms in total. The van der Waals surface area contributed by atoms with Gasteiger partial charge in [-0.3, -0.25) is 0 Å². The second kappa shape index (κ2) is 5.91. The van der Waals surface area contributed by atoms with E-state index in [1.807, 2.05) is 30.3 Å². The molecule has 24 heavy (non-hydrogen) atoms. The Labute approximate surface area is 151 Å². The van der Waals surface area contributed by atoms with Crippen molar-refractivity contribution in [3.63, 3.8) is 0 Å². The van der Waals surface area contributed by atoms with Crippen molar-refractivity contribution >= 4 is 34.7 Å². The third-order valence-electron chi connectivity index (χ3n) is 4.03. The summed E-state index contributed by atoms with van der Waals surface area (Å²) in [6.45, 7) is 0. The fourth-order valence-electron chi connectivity index (χ4n) is 2.88. The molecule has 1 aliphatic heterocycles.